The van der Waals surface area contributed by atoms with Gasteiger partial charge in [-0.15, -0.1) is 0 Å². The second-order valence-electron chi connectivity index (χ2n) is 7.27. The number of morpholine rings is 1. The highest BCUT2D eigenvalue weighted by atomic mass is 32.2. The van der Waals surface area contributed by atoms with Crippen molar-refractivity contribution in [2.45, 2.75) is 9.92 Å². The highest BCUT2D eigenvalue weighted by molar-refractivity contribution is 7.91. The van der Waals surface area contributed by atoms with Crippen LogP contribution >= 0.6 is 0 Å². The highest BCUT2D eigenvalue weighted by Crippen LogP contribution is 2.38. The third-order valence-corrected chi connectivity index (χ3v) is 6.92. The molecule has 2 aliphatic heterocycles. The normalized spacial score (nSPS) is 16.1. The highest BCUT2D eigenvalue weighted by Gasteiger charge is 2.33. The quantitative estimate of drug-likeness (QED) is 0.571. The van der Waals surface area contributed by atoms with Crippen LogP contribution in [0.5, 0.6) is 17.2 Å². The summed E-state index contributed by atoms with van der Waals surface area (Å²) in [6, 6.07) is 11.7. The zero-order chi connectivity index (χ0) is 22.1. The van der Waals surface area contributed by atoms with Crippen molar-refractivity contribution in [2.24, 2.45) is 0 Å². The Labute approximate surface area is 185 Å². The maximum atomic E-state index is 13.6. The van der Waals surface area contributed by atoms with Gasteiger partial charge in [-0.1, -0.05) is 6.07 Å². The third kappa shape index (κ3) is 3.76. The molecule has 1 aromatic heterocycles. The molecule has 1 saturated heterocycles. The van der Waals surface area contributed by atoms with E-state index >= 15 is 0 Å². The van der Waals surface area contributed by atoms with E-state index in [1.54, 1.807) is 37.4 Å². The monoisotopic (exact) mass is 458 g/mol. The molecule has 168 valence electrons. The molecule has 0 aliphatic carbocycles. The number of oxazole rings is 1. The van der Waals surface area contributed by atoms with Crippen molar-refractivity contribution in [1.29, 1.82) is 0 Å². The summed E-state index contributed by atoms with van der Waals surface area (Å²) in [6.45, 7) is 2.72. The number of anilines is 1. The molecular weight excluding hydrogens is 436 g/mol. The molecular formula is C22H22N2O7S. The lowest BCUT2D eigenvalue weighted by atomic mass is 10.2. The summed E-state index contributed by atoms with van der Waals surface area (Å²) in [4.78, 5) is 6.32. The minimum atomic E-state index is -4.01. The van der Waals surface area contributed by atoms with Gasteiger partial charge in [0.25, 0.3) is 0 Å². The molecule has 3 heterocycles. The van der Waals surface area contributed by atoms with Crippen LogP contribution in [0.3, 0.4) is 0 Å². The van der Waals surface area contributed by atoms with Gasteiger partial charge in [-0.25, -0.2) is 8.42 Å². The number of hydrogen-bond donors (Lipinski definition) is 0. The summed E-state index contributed by atoms with van der Waals surface area (Å²) in [6.07, 6.45) is 0. The Hall–Kier alpha value is -3.24. The predicted molar refractivity (Wildman–Crippen MR) is 114 cm³/mol. The van der Waals surface area contributed by atoms with Crippen LogP contribution in [-0.4, -0.2) is 60.0 Å². The number of rotatable bonds is 5. The van der Waals surface area contributed by atoms with Crippen LogP contribution in [0.2, 0.25) is 0 Å². The molecule has 0 unspecified atom stereocenters. The molecule has 0 amide bonds. The standard InChI is InChI=1S/C22H22N2O7S/c1-27-16-4-2-3-15(13-16)20-23-21(22(31-20)24-7-9-28-10-8-24)32(25,26)17-5-6-18-19(14-17)30-12-11-29-18/h2-6,13-14H,7-12H2,1H3. The number of ether oxygens (including phenoxy) is 4. The molecule has 5 rings (SSSR count). The van der Waals surface area contributed by atoms with Crippen molar-refractivity contribution >= 4 is 15.7 Å². The summed E-state index contributed by atoms with van der Waals surface area (Å²) < 4.78 is 55.1. The van der Waals surface area contributed by atoms with E-state index < -0.39 is 9.84 Å². The Morgan fingerprint density at radius 3 is 2.53 bits per heavy atom. The van der Waals surface area contributed by atoms with Crippen LogP contribution in [0.1, 0.15) is 0 Å². The largest absolute Gasteiger partial charge is 0.497 e. The molecule has 0 saturated carbocycles. The van der Waals surface area contributed by atoms with Gasteiger partial charge < -0.3 is 28.3 Å². The second-order valence-corrected chi connectivity index (χ2v) is 9.13. The van der Waals surface area contributed by atoms with Crippen molar-refractivity contribution in [2.75, 3.05) is 51.5 Å². The van der Waals surface area contributed by atoms with Gasteiger partial charge in [0.2, 0.25) is 26.6 Å². The van der Waals surface area contributed by atoms with Gasteiger partial charge in [-0.05, 0) is 30.3 Å². The number of hydrogen-bond acceptors (Lipinski definition) is 9. The molecule has 32 heavy (non-hydrogen) atoms. The van der Waals surface area contributed by atoms with Crippen molar-refractivity contribution in [1.82, 2.24) is 4.98 Å². The van der Waals surface area contributed by atoms with E-state index in [-0.39, 0.29) is 21.7 Å². The molecule has 0 radical (unpaired) electrons. The Kier molecular flexibility index (Phi) is 5.40. The van der Waals surface area contributed by atoms with E-state index in [9.17, 15) is 8.42 Å². The Morgan fingerprint density at radius 1 is 0.969 bits per heavy atom. The van der Waals surface area contributed by atoms with Crippen molar-refractivity contribution < 1.29 is 31.8 Å². The van der Waals surface area contributed by atoms with Gasteiger partial charge in [0.1, 0.15) is 19.0 Å². The molecule has 0 N–H and O–H groups in total. The Balaban J connectivity index is 1.61. The number of methoxy groups -OCH3 is 1. The summed E-state index contributed by atoms with van der Waals surface area (Å²) in [5.41, 5.74) is 0.613. The fraction of sp³-hybridized carbons (Fsp3) is 0.318. The fourth-order valence-electron chi connectivity index (χ4n) is 3.62. The Morgan fingerprint density at radius 2 is 1.75 bits per heavy atom. The van der Waals surface area contributed by atoms with E-state index in [1.807, 2.05) is 4.90 Å². The Bertz CT molecular complexity index is 1230. The lowest BCUT2D eigenvalue weighted by molar-refractivity contribution is 0.120. The molecule has 1 fully saturated rings. The second kappa shape index (κ2) is 8.36. The summed E-state index contributed by atoms with van der Waals surface area (Å²) in [5, 5.41) is -0.145. The average Bonchev–Trinajstić information content (AvgIpc) is 3.31. The minimum absolute atomic E-state index is 0.0572. The predicted octanol–water partition coefficient (Wildman–Crippen LogP) is 2.79. The van der Waals surface area contributed by atoms with Gasteiger partial charge >= 0.3 is 0 Å². The molecule has 10 heteroatoms. The number of fused-ring (bicyclic) bond motifs is 1. The number of aromatic nitrogens is 1. The first-order valence-electron chi connectivity index (χ1n) is 10.2. The van der Waals surface area contributed by atoms with Crippen LogP contribution < -0.4 is 19.1 Å². The van der Waals surface area contributed by atoms with Gasteiger partial charge in [0.05, 0.1) is 25.2 Å². The molecule has 0 spiro atoms. The van der Waals surface area contributed by atoms with Gasteiger partial charge in [0, 0.05) is 24.7 Å². The van der Waals surface area contributed by atoms with E-state index in [0.29, 0.717) is 62.3 Å². The van der Waals surface area contributed by atoms with Crippen LogP contribution in [0, 0.1) is 0 Å². The summed E-state index contributed by atoms with van der Waals surface area (Å²) in [7, 11) is -2.45. The lowest BCUT2D eigenvalue weighted by Crippen LogP contribution is -2.36. The zero-order valence-corrected chi connectivity index (χ0v) is 18.3. The topological polar surface area (TPSA) is 100 Å². The van der Waals surface area contributed by atoms with Crippen LogP contribution in [-0.2, 0) is 14.6 Å². The van der Waals surface area contributed by atoms with Gasteiger partial charge in [-0.3, -0.25) is 0 Å². The van der Waals surface area contributed by atoms with E-state index in [0.717, 1.165) is 0 Å². The number of benzene rings is 2. The average molecular weight is 458 g/mol. The van der Waals surface area contributed by atoms with Gasteiger partial charge in [0.15, 0.2) is 11.5 Å². The minimum Gasteiger partial charge on any atom is -0.497 e. The van der Waals surface area contributed by atoms with Crippen LogP contribution in [0.4, 0.5) is 5.88 Å². The van der Waals surface area contributed by atoms with Crippen molar-refractivity contribution in [3.63, 3.8) is 0 Å². The molecule has 0 bridgehead atoms. The molecule has 2 aliphatic rings. The first-order valence-corrected chi connectivity index (χ1v) is 11.7. The lowest BCUT2D eigenvalue weighted by Gasteiger charge is -2.26. The molecule has 9 nitrogen and oxygen atoms in total. The van der Waals surface area contributed by atoms with Gasteiger partial charge in [-0.2, -0.15) is 4.98 Å². The molecule has 3 aromatic rings. The van der Waals surface area contributed by atoms with E-state index in [1.165, 1.54) is 12.1 Å². The zero-order valence-electron chi connectivity index (χ0n) is 17.4. The van der Waals surface area contributed by atoms with Crippen molar-refractivity contribution in [3.05, 3.63) is 42.5 Å². The third-order valence-electron chi connectivity index (χ3n) is 5.27. The first kappa shape index (κ1) is 20.7. The summed E-state index contributed by atoms with van der Waals surface area (Å²) in [5.74, 6) is 1.91. The van der Waals surface area contributed by atoms with Crippen molar-refractivity contribution in [3.8, 4) is 28.7 Å². The SMILES string of the molecule is COc1cccc(-c2nc(S(=O)(=O)c3ccc4c(c3)OCCO4)c(N3CCOCC3)o2)c1. The smallest absolute Gasteiger partial charge is 0.236 e. The molecule has 2 aromatic carbocycles. The molecule has 0 atom stereocenters. The fourth-order valence-corrected chi connectivity index (χ4v) is 4.96. The number of sulfone groups is 1. The van der Waals surface area contributed by atoms with E-state index in [4.69, 9.17) is 23.4 Å². The maximum absolute atomic E-state index is 13.6. The van der Waals surface area contributed by atoms with Crippen LogP contribution in [0.25, 0.3) is 11.5 Å². The summed E-state index contributed by atoms with van der Waals surface area (Å²) >= 11 is 0. The van der Waals surface area contributed by atoms with E-state index in [2.05, 4.69) is 4.98 Å². The van der Waals surface area contributed by atoms with Crippen LogP contribution in [0.15, 0.2) is 56.8 Å². The maximum Gasteiger partial charge on any atom is 0.236 e. The number of nitrogens with zero attached hydrogens (tertiary/aromatic N) is 2. The first-order chi connectivity index (χ1) is 15.6.